The lowest BCUT2D eigenvalue weighted by Gasteiger charge is -2.33. The minimum atomic E-state index is -0.451. The summed E-state index contributed by atoms with van der Waals surface area (Å²) in [5.41, 5.74) is 0.949. The zero-order valence-electron chi connectivity index (χ0n) is 15.4. The summed E-state index contributed by atoms with van der Waals surface area (Å²) >= 11 is 6.05. The molecule has 9 heteroatoms. The van der Waals surface area contributed by atoms with Crippen LogP contribution in [0.5, 0.6) is 5.88 Å². The lowest BCUT2D eigenvalue weighted by atomic mass is 9.93. The molecule has 1 saturated carbocycles. The molecule has 8 nitrogen and oxygen atoms in total. The van der Waals surface area contributed by atoms with Gasteiger partial charge in [0.2, 0.25) is 11.8 Å². The maximum atomic E-state index is 12.7. The van der Waals surface area contributed by atoms with Crippen molar-refractivity contribution in [2.45, 2.75) is 38.6 Å². The van der Waals surface area contributed by atoms with E-state index in [1.165, 1.54) is 20.0 Å². The van der Waals surface area contributed by atoms with Crippen LogP contribution in [0.4, 0.5) is 6.01 Å². The molecule has 1 spiro atoms. The second-order valence-corrected chi connectivity index (χ2v) is 7.75. The van der Waals surface area contributed by atoms with Gasteiger partial charge in [-0.05, 0) is 44.1 Å². The molecule has 1 N–H and O–H groups in total. The van der Waals surface area contributed by atoms with E-state index in [0.717, 1.165) is 25.9 Å². The second kappa shape index (κ2) is 6.99. The van der Waals surface area contributed by atoms with E-state index in [4.69, 9.17) is 20.8 Å². The van der Waals surface area contributed by atoms with E-state index in [9.17, 15) is 4.79 Å². The van der Waals surface area contributed by atoms with Gasteiger partial charge in [0.25, 0.3) is 5.89 Å². The smallest absolute Gasteiger partial charge is 0.316 e. The quantitative estimate of drug-likeness (QED) is 0.837. The minimum Gasteiger partial charge on any atom is -0.481 e. The van der Waals surface area contributed by atoms with E-state index in [0.29, 0.717) is 22.0 Å². The van der Waals surface area contributed by atoms with Gasteiger partial charge in [0, 0.05) is 24.2 Å². The van der Waals surface area contributed by atoms with Crippen LogP contribution in [0.25, 0.3) is 11.6 Å². The molecule has 0 radical (unpaired) electrons. The largest absolute Gasteiger partial charge is 0.481 e. The van der Waals surface area contributed by atoms with Crippen molar-refractivity contribution in [3.8, 4) is 17.5 Å². The summed E-state index contributed by atoms with van der Waals surface area (Å²) in [6.45, 7) is 3.45. The van der Waals surface area contributed by atoms with Crippen LogP contribution in [0.1, 0.15) is 32.6 Å². The number of piperidine rings is 1. The van der Waals surface area contributed by atoms with E-state index in [1.54, 1.807) is 19.1 Å². The third-order valence-corrected chi connectivity index (χ3v) is 5.64. The molecule has 2 fully saturated rings. The Morgan fingerprint density at radius 3 is 2.70 bits per heavy atom. The van der Waals surface area contributed by atoms with Gasteiger partial charge in [0.15, 0.2) is 0 Å². The Hall–Kier alpha value is -2.35. The van der Waals surface area contributed by atoms with Gasteiger partial charge in [-0.1, -0.05) is 16.7 Å². The molecule has 1 aliphatic carbocycles. The average Bonchev–Trinajstić information content (AvgIpc) is 3.25. The number of nitrogens with zero attached hydrogens (tertiary/aromatic N) is 4. The van der Waals surface area contributed by atoms with Gasteiger partial charge < -0.3 is 19.4 Å². The highest BCUT2D eigenvalue weighted by Crippen LogP contribution is 2.53. The van der Waals surface area contributed by atoms with Crippen LogP contribution in [-0.2, 0) is 4.79 Å². The van der Waals surface area contributed by atoms with Crippen molar-refractivity contribution >= 4 is 23.5 Å². The number of rotatable bonds is 5. The van der Waals surface area contributed by atoms with Crippen molar-refractivity contribution in [3.63, 3.8) is 0 Å². The van der Waals surface area contributed by atoms with Crippen LogP contribution < -0.4 is 10.1 Å². The van der Waals surface area contributed by atoms with Gasteiger partial charge in [0.1, 0.15) is 11.7 Å². The molecule has 2 aromatic heterocycles. The molecule has 4 rings (SSSR count). The number of carbonyl (C=O) groups excluding carboxylic acids is 1. The number of amides is 1. The molecule has 2 aliphatic rings. The lowest BCUT2D eigenvalue weighted by molar-refractivity contribution is -0.133. The Kier molecular flexibility index (Phi) is 4.67. The Labute approximate surface area is 162 Å². The number of hydrogen-bond donors (Lipinski definition) is 1. The van der Waals surface area contributed by atoms with Crippen molar-refractivity contribution in [3.05, 3.63) is 17.2 Å². The zero-order valence-corrected chi connectivity index (χ0v) is 16.1. The number of aromatic nitrogens is 3. The number of methoxy groups -OCH3 is 1. The first-order valence-corrected chi connectivity index (χ1v) is 9.47. The fourth-order valence-corrected chi connectivity index (χ4v) is 3.67. The summed E-state index contributed by atoms with van der Waals surface area (Å²) < 4.78 is 10.7. The Bertz CT molecular complexity index is 841. The van der Waals surface area contributed by atoms with Crippen LogP contribution in [0.2, 0.25) is 5.02 Å². The van der Waals surface area contributed by atoms with Crippen LogP contribution in [0.15, 0.2) is 16.5 Å². The number of ether oxygens (including phenoxy) is 1. The van der Waals surface area contributed by atoms with Crippen molar-refractivity contribution in [2.75, 3.05) is 25.5 Å². The molecule has 2 aromatic rings. The van der Waals surface area contributed by atoms with Gasteiger partial charge in [-0.2, -0.15) is 0 Å². The van der Waals surface area contributed by atoms with Crippen LogP contribution in [0.3, 0.4) is 0 Å². The topological polar surface area (TPSA) is 93.4 Å². The SMILES string of the molecule is COc1cc(Cl)cc(-c2nnc(N[C@H](C)C(=O)N3CCC4(CC3)CC4)o2)n1. The number of nitrogens with one attached hydrogen (secondary N) is 1. The van der Waals surface area contributed by atoms with Crippen molar-refractivity contribution < 1.29 is 13.9 Å². The van der Waals surface area contributed by atoms with E-state index in [2.05, 4.69) is 20.5 Å². The number of anilines is 1. The lowest BCUT2D eigenvalue weighted by Crippen LogP contribution is -2.45. The van der Waals surface area contributed by atoms with Crippen LogP contribution >= 0.6 is 11.6 Å². The number of halogens is 1. The molecule has 0 unspecified atom stereocenters. The van der Waals surface area contributed by atoms with Gasteiger partial charge in [-0.25, -0.2) is 4.98 Å². The fourth-order valence-electron chi connectivity index (χ4n) is 3.47. The van der Waals surface area contributed by atoms with Gasteiger partial charge in [-0.15, -0.1) is 5.10 Å². The highest BCUT2D eigenvalue weighted by atomic mass is 35.5. The number of hydrogen-bond acceptors (Lipinski definition) is 7. The van der Waals surface area contributed by atoms with E-state index in [-0.39, 0.29) is 17.8 Å². The molecule has 144 valence electrons. The van der Waals surface area contributed by atoms with E-state index in [1.807, 2.05) is 4.90 Å². The summed E-state index contributed by atoms with van der Waals surface area (Å²) in [7, 11) is 1.50. The van der Waals surface area contributed by atoms with E-state index >= 15 is 0 Å². The minimum absolute atomic E-state index is 0.0489. The highest BCUT2D eigenvalue weighted by molar-refractivity contribution is 6.30. The molecule has 1 atom stereocenters. The molecule has 1 saturated heterocycles. The summed E-state index contributed by atoms with van der Waals surface area (Å²) in [4.78, 5) is 18.8. The standard InChI is InChI=1S/C18H22ClN5O3/c1-11(16(25)24-7-5-18(3-4-18)6-8-24)20-17-23-22-15(27-17)13-9-12(19)10-14(21-13)26-2/h9-11H,3-8H2,1-2H3,(H,20,23)/t11-/m1/s1. The predicted octanol–water partition coefficient (Wildman–Crippen LogP) is 3.00. The molecular weight excluding hydrogens is 370 g/mol. The number of likely N-dealkylation sites (tertiary alicyclic amines) is 1. The normalized spacial score (nSPS) is 19.0. The van der Waals surface area contributed by atoms with Crippen LogP contribution in [-0.4, -0.2) is 52.2 Å². The Morgan fingerprint density at radius 1 is 1.30 bits per heavy atom. The fraction of sp³-hybridized carbons (Fsp3) is 0.556. The first kappa shape index (κ1) is 18.0. The average molecular weight is 392 g/mol. The highest BCUT2D eigenvalue weighted by Gasteiger charge is 2.45. The van der Waals surface area contributed by atoms with Crippen molar-refractivity contribution in [1.82, 2.24) is 20.1 Å². The summed E-state index contributed by atoms with van der Waals surface area (Å²) in [6.07, 6.45) is 4.85. The maximum Gasteiger partial charge on any atom is 0.316 e. The molecule has 0 aromatic carbocycles. The Morgan fingerprint density at radius 2 is 2.04 bits per heavy atom. The third kappa shape index (κ3) is 3.85. The number of carbonyl (C=O) groups is 1. The van der Waals surface area contributed by atoms with Crippen molar-refractivity contribution in [1.29, 1.82) is 0 Å². The summed E-state index contributed by atoms with van der Waals surface area (Å²) in [5.74, 6) is 0.603. The molecule has 3 heterocycles. The second-order valence-electron chi connectivity index (χ2n) is 7.32. The molecular formula is C18H22ClN5O3. The van der Waals surface area contributed by atoms with Gasteiger partial charge in [-0.3, -0.25) is 4.79 Å². The monoisotopic (exact) mass is 391 g/mol. The summed E-state index contributed by atoms with van der Waals surface area (Å²) in [6, 6.07) is 2.92. The van der Waals surface area contributed by atoms with Crippen LogP contribution in [0, 0.1) is 5.41 Å². The summed E-state index contributed by atoms with van der Waals surface area (Å²) in [5, 5.41) is 11.4. The number of pyridine rings is 1. The van der Waals surface area contributed by atoms with Crippen molar-refractivity contribution in [2.24, 2.45) is 5.41 Å². The molecule has 27 heavy (non-hydrogen) atoms. The molecule has 0 bridgehead atoms. The Balaban J connectivity index is 1.40. The van der Waals surface area contributed by atoms with Gasteiger partial charge >= 0.3 is 6.01 Å². The zero-order chi connectivity index (χ0) is 19.0. The van der Waals surface area contributed by atoms with Gasteiger partial charge in [0.05, 0.1) is 7.11 Å². The first-order valence-electron chi connectivity index (χ1n) is 9.09. The third-order valence-electron chi connectivity index (χ3n) is 5.42. The first-order chi connectivity index (χ1) is 13.0. The maximum absolute atomic E-state index is 12.7. The molecule has 1 amide bonds. The van der Waals surface area contributed by atoms with E-state index < -0.39 is 6.04 Å². The predicted molar refractivity (Wildman–Crippen MR) is 99.7 cm³/mol. The molecule has 1 aliphatic heterocycles.